The molecule has 198 valence electrons. The Bertz CT molecular complexity index is 901. The van der Waals surface area contributed by atoms with Crippen LogP contribution in [-0.2, 0) is 25.6 Å². The SMILES string of the molecule is CCNC(=O)[C@H](Cc1ccccc1)NC(=O)[C@@H]1CCCN1C(=O)[C@@H](NC(=O)[C@H](C)N)C1CCCCC1. The molecule has 1 aromatic rings. The van der Waals surface area contributed by atoms with Crippen LogP contribution in [0.5, 0.6) is 0 Å². The van der Waals surface area contributed by atoms with Crippen LogP contribution in [0.4, 0.5) is 0 Å². The zero-order valence-corrected chi connectivity index (χ0v) is 21.5. The van der Waals surface area contributed by atoms with Gasteiger partial charge in [0.25, 0.3) is 0 Å². The molecule has 3 rings (SSSR count). The average molecular weight is 500 g/mol. The van der Waals surface area contributed by atoms with E-state index in [0.717, 1.165) is 37.7 Å². The fourth-order valence-corrected chi connectivity index (χ4v) is 5.24. The van der Waals surface area contributed by atoms with Crippen molar-refractivity contribution < 1.29 is 19.2 Å². The zero-order valence-electron chi connectivity index (χ0n) is 21.5. The number of rotatable bonds is 10. The summed E-state index contributed by atoms with van der Waals surface area (Å²) in [5, 5.41) is 8.58. The maximum Gasteiger partial charge on any atom is 0.246 e. The van der Waals surface area contributed by atoms with Gasteiger partial charge in [0.2, 0.25) is 23.6 Å². The molecule has 1 heterocycles. The van der Waals surface area contributed by atoms with E-state index in [4.69, 9.17) is 5.73 Å². The molecule has 4 atom stereocenters. The van der Waals surface area contributed by atoms with Crippen LogP contribution in [0, 0.1) is 5.92 Å². The van der Waals surface area contributed by atoms with Gasteiger partial charge in [0.05, 0.1) is 6.04 Å². The monoisotopic (exact) mass is 499 g/mol. The summed E-state index contributed by atoms with van der Waals surface area (Å²) < 4.78 is 0. The summed E-state index contributed by atoms with van der Waals surface area (Å²) in [5.41, 5.74) is 6.71. The molecule has 1 aliphatic heterocycles. The molecule has 5 N–H and O–H groups in total. The smallest absolute Gasteiger partial charge is 0.246 e. The Labute approximate surface area is 213 Å². The van der Waals surface area contributed by atoms with Gasteiger partial charge in [-0.2, -0.15) is 0 Å². The lowest BCUT2D eigenvalue weighted by Crippen LogP contribution is -2.59. The summed E-state index contributed by atoms with van der Waals surface area (Å²) in [5.74, 6) is -1.16. The third-order valence-electron chi connectivity index (χ3n) is 7.20. The van der Waals surface area contributed by atoms with E-state index < -0.39 is 24.2 Å². The summed E-state index contributed by atoms with van der Waals surface area (Å²) in [6, 6.07) is 6.68. The van der Waals surface area contributed by atoms with Crippen LogP contribution >= 0.6 is 0 Å². The maximum absolute atomic E-state index is 13.7. The first-order valence-electron chi connectivity index (χ1n) is 13.3. The minimum absolute atomic E-state index is 0.0272. The minimum atomic E-state index is -0.746. The van der Waals surface area contributed by atoms with Crippen molar-refractivity contribution in [2.45, 2.75) is 89.4 Å². The summed E-state index contributed by atoms with van der Waals surface area (Å²) in [6.07, 6.45) is 6.43. The largest absolute Gasteiger partial charge is 0.355 e. The third-order valence-corrected chi connectivity index (χ3v) is 7.20. The van der Waals surface area contributed by atoms with Gasteiger partial charge in [0.15, 0.2) is 0 Å². The highest BCUT2D eigenvalue weighted by Crippen LogP contribution is 2.29. The number of nitrogens with one attached hydrogen (secondary N) is 3. The van der Waals surface area contributed by atoms with Gasteiger partial charge in [-0.25, -0.2) is 0 Å². The second kappa shape index (κ2) is 13.4. The van der Waals surface area contributed by atoms with Crippen molar-refractivity contribution in [1.82, 2.24) is 20.9 Å². The van der Waals surface area contributed by atoms with E-state index in [-0.39, 0.29) is 29.5 Å². The van der Waals surface area contributed by atoms with Crippen LogP contribution in [0.25, 0.3) is 0 Å². The van der Waals surface area contributed by atoms with Gasteiger partial charge < -0.3 is 26.6 Å². The van der Waals surface area contributed by atoms with Crippen LogP contribution < -0.4 is 21.7 Å². The lowest BCUT2D eigenvalue weighted by molar-refractivity contribution is -0.143. The standard InChI is InChI=1S/C27H41N5O4/c1-3-29-25(34)21(17-19-11-6-4-7-12-19)30-26(35)22-15-10-16-32(22)27(36)23(31-24(33)18(2)28)20-13-8-5-9-14-20/h4,6-7,11-12,18,20-23H,3,5,8-10,13-17,28H2,1-2H3,(H,29,34)(H,30,35)(H,31,33)/t18-,21-,22-,23-/m0/s1. The number of hydrogen-bond acceptors (Lipinski definition) is 5. The number of likely N-dealkylation sites (tertiary alicyclic amines) is 1. The lowest BCUT2D eigenvalue weighted by Gasteiger charge is -2.35. The highest BCUT2D eigenvalue weighted by atomic mass is 16.2. The molecule has 36 heavy (non-hydrogen) atoms. The van der Waals surface area contributed by atoms with Gasteiger partial charge in [-0.05, 0) is 51.0 Å². The Morgan fingerprint density at radius 1 is 0.972 bits per heavy atom. The summed E-state index contributed by atoms with van der Waals surface area (Å²) in [7, 11) is 0. The number of hydrogen-bond donors (Lipinski definition) is 4. The van der Waals surface area contributed by atoms with Crippen molar-refractivity contribution in [3.05, 3.63) is 35.9 Å². The Morgan fingerprint density at radius 2 is 1.67 bits per heavy atom. The Hall–Kier alpha value is -2.94. The quantitative estimate of drug-likeness (QED) is 0.385. The molecular formula is C27H41N5O4. The van der Waals surface area contributed by atoms with E-state index in [1.807, 2.05) is 37.3 Å². The number of amides is 4. The molecule has 1 aromatic carbocycles. The van der Waals surface area contributed by atoms with E-state index >= 15 is 0 Å². The van der Waals surface area contributed by atoms with Crippen molar-refractivity contribution >= 4 is 23.6 Å². The van der Waals surface area contributed by atoms with Gasteiger partial charge >= 0.3 is 0 Å². The van der Waals surface area contributed by atoms with Gasteiger partial charge in [-0.3, -0.25) is 19.2 Å². The van der Waals surface area contributed by atoms with Crippen molar-refractivity contribution in [1.29, 1.82) is 0 Å². The summed E-state index contributed by atoms with van der Waals surface area (Å²) in [6.45, 7) is 4.33. The van der Waals surface area contributed by atoms with Crippen LogP contribution in [0.3, 0.4) is 0 Å². The van der Waals surface area contributed by atoms with E-state index in [1.165, 1.54) is 0 Å². The second-order valence-corrected chi connectivity index (χ2v) is 10.0. The number of nitrogens with zero attached hydrogens (tertiary/aromatic N) is 1. The molecule has 0 bridgehead atoms. The molecule has 1 saturated heterocycles. The van der Waals surface area contributed by atoms with Gasteiger partial charge in [0, 0.05) is 19.5 Å². The summed E-state index contributed by atoms with van der Waals surface area (Å²) >= 11 is 0. The molecule has 0 unspecified atom stereocenters. The van der Waals surface area contributed by atoms with Crippen molar-refractivity contribution in [3.8, 4) is 0 Å². The molecular weight excluding hydrogens is 458 g/mol. The first kappa shape index (κ1) is 27.6. The van der Waals surface area contributed by atoms with Crippen LogP contribution in [0.2, 0.25) is 0 Å². The van der Waals surface area contributed by atoms with E-state index in [1.54, 1.807) is 11.8 Å². The van der Waals surface area contributed by atoms with Crippen LogP contribution in [0.15, 0.2) is 30.3 Å². The fourth-order valence-electron chi connectivity index (χ4n) is 5.24. The van der Waals surface area contributed by atoms with Crippen LogP contribution in [-0.4, -0.2) is 65.8 Å². The lowest BCUT2D eigenvalue weighted by atomic mass is 9.83. The highest BCUT2D eigenvalue weighted by molar-refractivity contribution is 5.95. The van der Waals surface area contributed by atoms with Gasteiger partial charge in [-0.1, -0.05) is 49.6 Å². The molecule has 2 fully saturated rings. The van der Waals surface area contributed by atoms with Crippen molar-refractivity contribution in [3.63, 3.8) is 0 Å². The Kier molecular flexibility index (Phi) is 10.3. The fraction of sp³-hybridized carbons (Fsp3) is 0.630. The molecule has 0 spiro atoms. The molecule has 0 radical (unpaired) electrons. The third kappa shape index (κ3) is 7.29. The number of nitrogens with two attached hydrogens (primary N) is 1. The number of carbonyl (C=O) groups excluding carboxylic acids is 4. The second-order valence-electron chi connectivity index (χ2n) is 10.0. The minimum Gasteiger partial charge on any atom is -0.355 e. The average Bonchev–Trinajstić information content (AvgIpc) is 3.38. The van der Waals surface area contributed by atoms with E-state index in [2.05, 4.69) is 16.0 Å². The number of benzene rings is 1. The molecule has 1 saturated carbocycles. The molecule has 9 nitrogen and oxygen atoms in total. The normalized spacial score (nSPS) is 20.8. The van der Waals surface area contributed by atoms with E-state index in [0.29, 0.717) is 32.4 Å². The highest BCUT2D eigenvalue weighted by Gasteiger charge is 2.41. The maximum atomic E-state index is 13.7. The van der Waals surface area contributed by atoms with Crippen LogP contribution in [0.1, 0.15) is 64.4 Å². The first-order chi connectivity index (χ1) is 17.3. The van der Waals surface area contributed by atoms with E-state index in [9.17, 15) is 19.2 Å². The number of carbonyl (C=O) groups is 4. The predicted molar refractivity (Wildman–Crippen MR) is 138 cm³/mol. The number of likely N-dealkylation sites (N-methyl/N-ethyl adjacent to an activating group) is 1. The molecule has 1 aliphatic carbocycles. The summed E-state index contributed by atoms with van der Waals surface area (Å²) in [4.78, 5) is 53.9. The molecule has 4 amide bonds. The zero-order chi connectivity index (χ0) is 26.1. The first-order valence-corrected chi connectivity index (χ1v) is 13.3. The molecule has 9 heteroatoms. The Morgan fingerprint density at radius 3 is 2.31 bits per heavy atom. The van der Waals surface area contributed by atoms with Crippen molar-refractivity contribution in [2.75, 3.05) is 13.1 Å². The van der Waals surface area contributed by atoms with Gasteiger partial charge in [-0.15, -0.1) is 0 Å². The molecule has 0 aromatic heterocycles. The topological polar surface area (TPSA) is 134 Å². The van der Waals surface area contributed by atoms with Crippen molar-refractivity contribution in [2.24, 2.45) is 11.7 Å². The Balaban J connectivity index is 1.75. The predicted octanol–water partition coefficient (Wildman–Crippen LogP) is 1.25. The molecule has 2 aliphatic rings. The van der Waals surface area contributed by atoms with Gasteiger partial charge in [0.1, 0.15) is 18.1 Å².